The van der Waals surface area contributed by atoms with Crippen LogP contribution in [0.3, 0.4) is 0 Å². The molecule has 1 amide bonds. The van der Waals surface area contributed by atoms with Crippen LogP contribution in [0, 0.1) is 5.82 Å². The van der Waals surface area contributed by atoms with E-state index in [2.05, 4.69) is 56.6 Å². The molecule has 200 valence electrons. The molecule has 4 heterocycles. The van der Waals surface area contributed by atoms with Crippen molar-refractivity contribution in [3.05, 3.63) is 65.1 Å². The second kappa shape index (κ2) is 9.75. The van der Waals surface area contributed by atoms with Crippen molar-refractivity contribution in [2.75, 3.05) is 19.7 Å². The zero-order valence-corrected chi connectivity index (χ0v) is 22.1. The maximum atomic E-state index is 15.0. The standard InChI is InChI=1S/C31H32FN5O2/c1-18-3-2-11-37(18)24-8-6-19-4-5-21(13-20(19)7-9-24)23-14-25-29(35-36-30(25)34-17-23)22-15-26(32)28-27(16-22)39-12-10-33-31(28)38/h4-5,13-18,24H,2-3,6-12H2,1H3,(H,33,38)(H,34,35,36)/t18-,24?/m1/s1. The molecule has 1 unspecified atom stereocenters. The molecule has 0 spiro atoms. The predicted octanol–water partition coefficient (Wildman–Crippen LogP) is 5.28. The lowest BCUT2D eigenvalue weighted by Crippen LogP contribution is -2.37. The fourth-order valence-corrected chi connectivity index (χ4v) is 6.65. The van der Waals surface area contributed by atoms with E-state index < -0.39 is 11.7 Å². The molecule has 4 aromatic rings. The Morgan fingerprint density at radius 3 is 2.74 bits per heavy atom. The number of rotatable bonds is 3. The fourth-order valence-electron chi connectivity index (χ4n) is 6.65. The van der Waals surface area contributed by atoms with E-state index in [1.165, 1.54) is 49.4 Å². The van der Waals surface area contributed by atoms with Crippen LogP contribution in [0.5, 0.6) is 5.75 Å². The number of nitrogens with zero attached hydrogens (tertiary/aromatic N) is 3. The van der Waals surface area contributed by atoms with Gasteiger partial charge in [0.25, 0.3) is 5.91 Å². The number of pyridine rings is 1. The molecule has 3 aliphatic rings. The van der Waals surface area contributed by atoms with Crippen LogP contribution in [0.4, 0.5) is 4.39 Å². The molecule has 0 bridgehead atoms. The van der Waals surface area contributed by atoms with Crippen LogP contribution in [0.25, 0.3) is 33.4 Å². The molecule has 8 heteroatoms. The summed E-state index contributed by atoms with van der Waals surface area (Å²) in [6.45, 7) is 4.23. The van der Waals surface area contributed by atoms with Crippen LogP contribution < -0.4 is 10.1 Å². The third-order valence-electron chi connectivity index (χ3n) is 8.72. The Labute approximate surface area is 226 Å². The molecule has 0 radical (unpaired) electrons. The summed E-state index contributed by atoms with van der Waals surface area (Å²) in [7, 11) is 0. The first-order chi connectivity index (χ1) is 19.0. The molecule has 7 rings (SSSR count). The summed E-state index contributed by atoms with van der Waals surface area (Å²) in [5.74, 6) is -0.867. The molecule has 2 aromatic carbocycles. The summed E-state index contributed by atoms with van der Waals surface area (Å²) in [6.07, 6.45) is 9.14. The smallest absolute Gasteiger partial charge is 0.258 e. The highest BCUT2D eigenvalue weighted by atomic mass is 19.1. The van der Waals surface area contributed by atoms with Crippen LogP contribution in [-0.2, 0) is 12.8 Å². The minimum absolute atomic E-state index is 0.0682. The van der Waals surface area contributed by atoms with Crippen molar-refractivity contribution >= 4 is 16.9 Å². The maximum absolute atomic E-state index is 15.0. The van der Waals surface area contributed by atoms with Gasteiger partial charge in [-0.25, -0.2) is 9.37 Å². The van der Waals surface area contributed by atoms with Gasteiger partial charge in [0.15, 0.2) is 5.65 Å². The van der Waals surface area contributed by atoms with Gasteiger partial charge in [0.1, 0.15) is 29.4 Å². The number of aryl methyl sites for hydroxylation is 2. The zero-order chi connectivity index (χ0) is 26.5. The molecule has 1 aliphatic carbocycles. The number of hydrogen-bond acceptors (Lipinski definition) is 5. The second-order valence-electron chi connectivity index (χ2n) is 11.1. The van der Waals surface area contributed by atoms with Gasteiger partial charge in [-0.05, 0) is 86.9 Å². The van der Waals surface area contributed by atoms with Gasteiger partial charge in [0.05, 0.1) is 6.54 Å². The third kappa shape index (κ3) is 4.36. The van der Waals surface area contributed by atoms with Crippen molar-refractivity contribution in [1.29, 1.82) is 0 Å². The lowest BCUT2D eigenvalue weighted by atomic mass is 9.96. The number of halogens is 1. The highest BCUT2D eigenvalue weighted by Gasteiger charge is 2.29. The fraction of sp³-hybridized carbons (Fsp3) is 0.387. The van der Waals surface area contributed by atoms with E-state index >= 15 is 4.39 Å². The first-order valence-corrected chi connectivity index (χ1v) is 14.0. The van der Waals surface area contributed by atoms with Gasteiger partial charge < -0.3 is 10.1 Å². The number of amides is 1. The van der Waals surface area contributed by atoms with Gasteiger partial charge in [-0.2, -0.15) is 5.10 Å². The van der Waals surface area contributed by atoms with E-state index in [0.29, 0.717) is 35.5 Å². The van der Waals surface area contributed by atoms with Crippen LogP contribution in [0.2, 0.25) is 0 Å². The summed E-state index contributed by atoms with van der Waals surface area (Å²) in [4.78, 5) is 19.7. The molecule has 1 saturated heterocycles. The van der Waals surface area contributed by atoms with E-state index in [9.17, 15) is 4.79 Å². The molecule has 39 heavy (non-hydrogen) atoms. The number of aromatic nitrogens is 3. The summed E-state index contributed by atoms with van der Waals surface area (Å²) >= 11 is 0. The SMILES string of the molecule is C[C@@H]1CCCN1C1CCc2ccc(-c3cnc4[nH]nc(-c5cc(F)c6c(c5)OCCNC6=O)c4c3)cc2CC1. The lowest BCUT2D eigenvalue weighted by molar-refractivity contribution is 0.0953. The number of nitrogens with one attached hydrogen (secondary N) is 2. The summed E-state index contributed by atoms with van der Waals surface area (Å²) in [5.41, 5.74) is 6.67. The molecule has 2 aromatic heterocycles. The number of likely N-dealkylation sites (tertiary alicyclic amines) is 1. The molecule has 2 atom stereocenters. The number of carbonyl (C=O) groups excluding carboxylic acids is 1. The van der Waals surface area contributed by atoms with E-state index in [1.54, 1.807) is 6.07 Å². The Morgan fingerprint density at radius 1 is 1.03 bits per heavy atom. The highest BCUT2D eigenvalue weighted by Crippen LogP contribution is 2.36. The number of H-pyrrole nitrogens is 1. The quantitative estimate of drug-likeness (QED) is 0.356. The van der Waals surface area contributed by atoms with Crippen molar-refractivity contribution < 1.29 is 13.9 Å². The van der Waals surface area contributed by atoms with Crippen LogP contribution in [0.1, 0.15) is 54.1 Å². The number of hydrogen-bond donors (Lipinski definition) is 2. The summed E-state index contributed by atoms with van der Waals surface area (Å²) in [6, 6.07) is 13.3. The minimum Gasteiger partial charge on any atom is -0.491 e. The predicted molar refractivity (Wildman–Crippen MR) is 148 cm³/mol. The first kappa shape index (κ1) is 24.3. The normalized spacial score (nSPS) is 21.5. The Kier molecular flexibility index (Phi) is 6.07. The van der Waals surface area contributed by atoms with Gasteiger partial charge in [-0.1, -0.05) is 18.2 Å². The van der Waals surface area contributed by atoms with Crippen LogP contribution in [-0.4, -0.2) is 57.8 Å². The highest BCUT2D eigenvalue weighted by molar-refractivity contribution is 5.99. The average Bonchev–Trinajstić information content (AvgIpc) is 3.44. The van der Waals surface area contributed by atoms with Crippen molar-refractivity contribution in [1.82, 2.24) is 25.4 Å². The van der Waals surface area contributed by atoms with Crippen LogP contribution >= 0.6 is 0 Å². The van der Waals surface area contributed by atoms with Gasteiger partial charge >= 0.3 is 0 Å². The van der Waals surface area contributed by atoms with Crippen molar-refractivity contribution in [2.24, 2.45) is 0 Å². The molecule has 2 aliphatic heterocycles. The third-order valence-corrected chi connectivity index (χ3v) is 8.72. The monoisotopic (exact) mass is 525 g/mol. The van der Waals surface area contributed by atoms with E-state index in [-0.39, 0.29) is 17.9 Å². The molecule has 2 N–H and O–H groups in total. The zero-order valence-electron chi connectivity index (χ0n) is 22.1. The Bertz CT molecular complexity index is 1580. The average molecular weight is 526 g/mol. The van der Waals surface area contributed by atoms with Crippen LogP contribution in [0.15, 0.2) is 42.6 Å². The lowest BCUT2D eigenvalue weighted by Gasteiger charge is -2.30. The van der Waals surface area contributed by atoms with Crippen molar-refractivity contribution in [3.8, 4) is 28.1 Å². The largest absolute Gasteiger partial charge is 0.491 e. The van der Waals surface area contributed by atoms with Gasteiger partial charge in [-0.15, -0.1) is 0 Å². The molecule has 1 fully saturated rings. The number of aromatic amines is 1. The maximum Gasteiger partial charge on any atom is 0.258 e. The Balaban J connectivity index is 1.21. The van der Waals surface area contributed by atoms with E-state index in [1.807, 2.05) is 6.20 Å². The molecule has 7 nitrogen and oxygen atoms in total. The van der Waals surface area contributed by atoms with Gasteiger partial charge in [0, 0.05) is 34.8 Å². The van der Waals surface area contributed by atoms with Gasteiger partial charge in [0.2, 0.25) is 0 Å². The minimum atomic E-state index is -0.630. The topological polar surface area (TPSA) is 83.1 Å². The van der Waals surface area contributed by atoms with E-state index in [4.69, 9.17) is 4.74 Å². The number of ether oxygens (including phenoxy) is 1. The number of fused-ring (bicyclic) bond motifs is 3. The van der Waals surface area contributed by atoms with E-state index in [0.717, 1.165) is 29.4 Å². The number of carbonyl (C=O) groups is 1. The molecular weight excluding hydrogens is 493 g/mol. The molecule has 0 saturated carbocycles. The van der Waals surface area contributed by atoms with Gasteiger partial charge in [-0.3, -0.25) is 14.8 Å². The first-order valence-electron chi connectivity index (χ1n) is 14.0. The van der Waals surface area contributed by atoms with Crippen molar-refractivity contribution in [3.63, 3.8) is 0 Å². The van der Waals surface area contributed by atoms with Crippen molar-refractivity contribution in [2.45, 2.75) is 57.5 Å². The Hall–Kier alpha value is -3.78. The number of benzene rings is 2. The second-order valence-corrected chi connectivity index (χ2v) is 11.1. The Morgan fingerprint density at radius 2 is 1.90 bits per heavy atom. The summed E-state index contributed by atoms with van der Waals surface area (Å²) < 4.78 is 20.7. The molecular formula is C31H32FN5O2. The summed E-state index contributed by atoms with van der Waals surface area (Å²) in [5, 5.41) is 10.9.